The van der Waals surface area contributed by atoms with E-state index in [4.69, 9.17) is 11.8 Å². The summed E-state index contributed by atoms with van der Waals surface area (Å²) < 4.78 is 0. The van der Waals surface area contributed by atoms with Gasteiger partial charge in [0.1, 0.15) is 0 Å². The van der Waals surface area contributed by atoms with E-state index in [1.165, 1.54) is 33.6 Å². The van der Waals surface area contributed by atoms with Crippen molar-refractivity contribution in [3.05, 3.63) is 84.3 Å². The molecule has 4 heteroatoms. The fraction of sp³-hybridized carbons (Fsp3) is 0.429. The van der Waals surface area contributed by atoms with Crippen molar-refractivity contribution in [2.45, 2.75) is 79.1 Å². The third-order valence-corrected chi connectivity index (χ3v) is 5.84. The van der Waals surface area contributed by atoms with Crippen molar-refractivity contribution in [1.29, 1.82) is 5.26 Å². The molecule has 2 aromatic rings. The number of benzene rings is 2. The summed E-state index contributed by atoms with van der Waals surface area (Å²) >= 11 is 0. The van der Waals surface area contributed by atoms with E-state index in [0.717, 1.165) is 0 Å². The molecule has 0 fully saturated rings. The average Bonchev–Trinajstić information content (AvgIpc) is 3.23. The first-order valence-electron chi connectivity index (χ1n) is 11.3. The smallest absolute Gasteiger partial charge is 0.0195 e. The van der Waals surface area contributed by atoms with Gasteiger partial charge in [-0.05, 0) is 58.3 Å². The molecule has 3 nitrogen and oxygen atoms in total. The van der Waals surface area contributed by atoms with Gasteiger partial charge in [-0.2, -0.15) is 0 Å². The summed E-state index contributed by atoms with van der Waals surface area (Å²) in [4.78, 5) is 4.65. The van der Waals surface area contributed by atoms with Gasteiger partial charge in [0.15, 0.2) is 0 Å². The van der Waals surface area contributed by atoms with Crippen LogP contribution in [0.15, 0.2) is 48.8 Å². The summed E-state index contributed by atoms with van der Waals surface area (Å²) in [5, 5.41) is 6.25. The van der Waals surface area contributed by atoms with Gasteiger partial charge in [0.2, 0.25) is 0 Å². The Morgan fingerprint density at radius 3 is 1.06 bits per heavy atom. The summed E-state index contributed by atoms with van der Waals surface area (Å²) in [7, 11) is 0. The van der Waals surface area contributed by atoms with Gasteiger partial charge < -0.3 is 21.6 Å². The first-order valence-corrected chi connectivity index (χ1v) is 11.3. The van der Waals surface area contributed by atoms with Crippen LogP contribution in [0.25, 0.3) is 0 Å². The van der Waals surface area contributed by atoms with Gasteiger partial charge in [-0.1, -0.05) is 91.8 Å². The Hall–Kier alpha value is -1.99. The number of para-hydroxylation sites is 2. The minimum atomic E-state index is 0. The van der Waals surface area contributed by atoms with Gasteiger partial charge in [0, 0.05) is 33.8 Å². The minimum absolute atomic E-state index is 0. The Morgan fingerprint density at radius 2 is 0.844 bits per heavy atom. The number of hydrogen-bond acceptors (Lipinski definition) is 3. The van der Waals surface area contributed by atoms with Crippen molar-refractivity contribution in [1.82, 2.24) is 0 Å². The monoisotopic (exact) mass is 612 g/mol. The third-order valence-electron chi connectivity index (χ3n) is 5.84. The van der Waals surface area contributed by atoms with Gasteiger partial charge in [-0.25, -0.2) is 0 Å². The molecule has 0 saturated heterocycles. The SMILES string of the molecule is CC(C)c1cccc(C(C)C)c1N1C=CN(c2c(C(C)C)cccc2C(C)C)[CH-]1.[Au].[C-]#N. The zero-order chi connectivity index (χ0) is 23.3. The van der Waals surface area contributed by atoms with E-state index in [1.54, 1.807) is 0 Å². The zero-order valence-corrected chi connectivity index (χ0v) is 22.8. The molecule has 1 aliphatic rings. The predicted molar refractivity (Wildman–Crippen MR) is 133 cm³/mol. The van der Waals surface area contributed by atoms with Crippen LogP contribution in [-0.4, -0.2) is 0 Å². The van der Waals surface area contributed by atoms with Crippen molar-refractivity contribution in [2.75, 3.05) is 9.80 Å². The Bertz CT molecular complexity index is 802. The molecule has 0 aromatic heterocycles. The molecule has 0 aliphatic carbocycles. The number of anilines is 2. The van der Waals surface area contributed by atoms with Gasteiger partial charge in [0.25, 0.3) is 0 Å². The van der Waals surface area contributed by atoms with Crippen LogP contribution in [0.2, 0.25) is 0 Å². The second-order valence-electron chi connectivity index (χ2n) is 9.42. The van der Waals surface area contributed by atoms with E-state index < -0.39 is 0 Å². The average molecular weight is 613 g/mol. The zero-order valence-electron chi connectivity index (χ0n) is 20.6. The molecule has 0 bridgehead atoms. The molecule has 3 rings (SSSR count). The molecule has 0 saturated carbocycles. The standard InChI is InChI=1S/C27H37N2.CN.Au/c1-18(2)22-11-9-12-23(19(3)4)26(22)28-15-16-29(17-28)27-24(20(5)6)13-10-14-25(27)21(7)8;1-2;/h9-21H,1-8H3;;/q2*-1;. The first kappa shape index (κ1) is 28.0. The van der Waals surface area contributed by atoms with Crippen molar-refractivity contribution in [3.8, 4) is 0 Å². The van der Waals surface area contributed by atoms with Crippen LogP contribution in [0, 0.1) is 18.5 Å². The first-order chi connectivity index (χ1) is 14.7. The topological polar surface area (TPSA) is 30.3 Å². The van der Waals surface area contributed by atoms with E-state index in [2.05, 4.69) is 121 Å². The molecule has 0 spiro atoms. The fourth-order valence-electron chi connectivity index (χ4n) is 4.24. The molecule has 0 N–H and O–H groups in total. The van der Waals surface area contributed by atoms with Crippen molar-refractivity contribution in [2.24, 2.45) is 0 Å². The molecule has 1 radical (unpaired) electrons. The summed E-state index contributed by atoms with van der Waals surface area (Å²) in [6.45, 7) is 25.3. The molecule has 177 valence electrons. The Labute approximate surface area is 211 Å². The van der Waals surface area contributed by atoms with E-state index in [9.17, 15) is 0 Å². The molecule has 0 atom stereocenters. The molecule has 2 aromatic carbocycles. The van der Waals surface area contributed by atoms with E-state index >= 15 is 0 Å². The number of rotatable bonds is 6. The minimum Gasteiger partial charge on any atom is -0.512 e. The van der Waals surface area contributed by atoms with Gasteiger partial charge in [-0.15, -0.1) is 6.67 Å². The number of nitrogens with zero attached hydrogens (tertiary/aromatic N) is 3. The molecule has 32 heavy (non-hydrogen) atoms. The van der Waals surface area contributed by atoms with Crippen LogP contribution in [0.1, 0.15) is 101 Å². The van der Waals surface area contributed by atoms with Crippen LogP contribution >= 0.6 is 0 Å². The Morgan fingerprint density at radius 1 is 0.594 bits per heavy atom. The summed E-state index contributed by atoms with van der Waals surface area (Å²) in [5.74, 6) is 1.92. The molecule has 0 unspecified atom stereocenters. The van der Waals surface area contributed by atoms with Crippen LogP contribution in [0.4, 0.5) is 11.4 Å². The summed E-state index contributed by atoms with van der Waals surface area (Å²) in [6, 6.07) is 13.5. The van der Waals surface area contributed by atoms with E-state index in [0.29, 0.717) is 23.7 Å². The largest absolute Gasteiger partial charge is 0.512 e. The molecule has 0 amide bonds. The maximum atomic E-state index is 6.25. The van der Waals surface area contributed by atoms with E-state index in [1.807, 2.05) is 0 Å². The normalized spacial score (nSPS) is 13.1. The fourth-order valence-corrected chi connectivity index (χ4v) is 4.24. The van der Waals surface area contributed by atoms with Gasteiger partial charge in [0.05, 0.1) is 0 Å². The third kappa shape index (κ3) is 5.87. The second-order valence-corrected chi connectivity index (χ2v) is 9.42. The maximum absolute atomic E-state index is 6.25. The predicted octanol–water partition coefficient (Wildman–Crippen LogP) is 8.19. The van der Waals surface area contributed by atoms with E-state index in [-0.39, 0.29) is 22.4 Å². The molecule has 1 heterocycles. The van der Waals surface area contributed by atoms with Gasteiger partial charge >= 0.3 is 0 Å². The van der Waals surface area contributed by atoms with Crippen LogP contribution in [0.5, 0.6) is 0 Å². The van der Waals surface area contributed by atoms with Crippen LogP contribution < -0.4 is 9.80 Å². The van der Waals surface area contributed by atoms with Crippen LogP contribution in [0.3, 0.4) is 0 Å². The summed E-state index contributed by atoms with van der Waals surface area (Å²) in [5.41, 5.74) is 8.29. The Kier molecular flexibility index (Phi) is 10.8. The number of hydrogen-bond donors (Lipinski definition) is 0. The molecular weight excluding hydrogens is 575 g/mol. The molecular formula is C28H37AuN3-2. The van der Waals surface area contributed by atoms with Crippen LogP contribution in [-0.2, 0) is 22.4 Å². The molecule has 1 aliphatic heterocycles. The van der Waals surface area contributed by atoms with Gasteiger partial charge in [-0.3, -0.25) is 0 Å². The van der Waals surface area contributed by atoms with Crippen molar-refractivity contribution < 1.29 is 22.4 Å². The summed E-state index contributed by atoms with van der Waals surface area (Å²) in [6.07, 6.45) is 4.43. The Balaban J connectivity index is 0.00000166. The van der Waals surface area contributed by atoms with Crippen molar-refractivity contribution in [3.63, 3.8) is 0 Å². The second kappa shape index (κ2) is 12.3. The quantitative estimate of drug-likeness (QED) is 0.244. The maximum Gasteiger partial charge on any atom is 0.0195 e. The van der Waals surface area contributed by atoms with Crippen molar-refractivity contribution >= 4 is 11.4 Å².